The van der Waals surface area contributed by atoms with E-state index in [0.29, 0.717) is 5.56 Å². The molecule has 3 nitrogen and oxygen atoms in total. The number of carbonyl (C=O) groups excluding carboxylic acids is 1. The van der Waals surface area contributed by atoms with Crippen molar-refractivity contribution in [3.8, 4) is 0 Å². The van der Waals surface area contributed by atoms with E-state index in [1.165, 1.54) is 0 Å². The number of benzene rings is 1. The quantitative estimate of drug-likeness (QED) is 0.901. The zero-order chi connectivity index (χ0) is 13.9. The highest BCUT2D eigenvalue weighted by Crippen LogP contribution is 2.19. The zero-order valence-electron chi connectivity index (χ0n) is 11.2. The highest BCUT2D eigenvalue weighted by Gasteiger charge is 2.22. The maximum Gasteiger partial charge on any atom is 0.251 e. The summed E-state index contributed by atoms with van der Waals surface area (Å²) in [6, 6.07) is 5.57. The Labute approximate surface area is 117 Å². The van der Waals surface area contributed by atoms with Gasteiger partial charge in [-0.3, -0.25) is 4.79 Å². The summed E-state index contributed by atoms with van der Waals surface area (Å²) < 4.78 is 0.870. The minimum absolute atomic E-state index is 0.155. The average molecular weight is 314 g/mol. The third kappa shape index (κ3) is 4.10. The predicted molar refractivity (Wildman–Crippen MR) is 76.7 cm³/mol. The van der Waals surface area contributed by atoms with Crippen LogP contribution in [0.4, 0.5) is 0 Å². The molecular formula is C14H20BrNO2. The molecule has 0 aliphatic rings. The van der Waals surface area contributed by atoms with Crippen molar-refractivity contribution >= 4 is 21.8 Å². The number of hydrogen-bond donors (Lipinski definition) is 2. The molecule has 4 heteroatoms. The topological polar surface area (TPSA) is 49.3 Å². The van der Waals surface area contributed by atoms with Gasteiger partial charge in [0.15, 0.2) is 0 Å². The van der Waals surface area contributed by atoms with Gasteiger partial charge < -0.3 is 10.4 Å². The number of nitrogens with one attached hydrogen (secondary N) is 1. The number of carbonyl (C=O) groups is 1. The van der Waals surface area contributed by atoms with Crippen LogP contribution in [0.2, 0.25) is 0 Å². The molecule has 0 saturated heterocycles. The molecule has 1 atom stereocenters. The smallest absolute Gasteiger partial charge is 0.251 e. The van der Waals surface area contributed by atoms with E-state index >= 15 is 0 Å². The van der Waals surface area contributed by atoms with Gasteiger partial charge in [0.25, 0.3) is 5.91 Å². The summed E-state index contributed by atoms with van der Waals surface area (Å²) in [7, 11) is 0. The first kappa shape index (κ1) is 15.2. The fourth-order valence-corrected chi connectivity index (χ4v) is 1.79. The molecule has 0 bridgehead atoms. The van der Waals surface area contributed by atoms with Crippen LogP contribution >= 0.6 is 15.9 Å². The Morgan fingerprint density at radius 2 is 2.06 bits per heavy atom. The Morgan fingerprint density at radius 1 is 1.44 bits per heavy atom. The molecule has 0 fully saturated rings. The van der Waals surface area contributed by atoms with Crippen LogP contribution in [-0.2, 0) is 0 Å². The summed E-state index contributed by atoms with van der Waals surface area (Å²) in [4.78, 5) is 12.0. The fourth-order valence-electron chi connectivity index (χ4n) is 1.43. The molecule has 1 rings (SSSR count). The molecule has 0 aliphatic heterocycles. The molecule has 1 unspecified atom stereocenters. The Hall–Kier alpha value is -0.870. The molecule has 100 valence electrons. The molecular weight excluding hydrogens is 294 g/mol. The SMILES string of the molecule is Cc1ccc(Br)cc1C(=O)NCC(O)C(C)(C)C. The number of aryl methyl sites for hydroxylation is 1. The second-order valence-corrected chi connectivity index (χ2v) is 6.47. The van der Waals surface area contributed by atoms with E-state index in [1.54, 1.807) is 6.07 Å². The third-order valence-corrected chi connectivity index (χ3v) is 3.39. The van der Waals surface area contributed by atoms with Crippen LogP contribution < -0.4 is 5.32 Å². The summed E-state index contributed by atoms with van der Waals surface area (Å²) in [5.74, 6) is -0.155. The maximum absolute atomic E-state index is 12.0. The number of aliphatic hydroxyl groups excluding tert-OH is 1. The van der Waals surface area contributed by atoms with Gasteiger partial charge >= 0.3 is 0 Å². The highest BCUT2D eigenvalue weighted by atomic mass is 79.9. The largest absolute Gasteiger partial charge is 0.391 e. The van der Waals surface area contributed by atoms with Crippen LogP contribution in [0, 0.1) is 12.3 Å². The predicted octanol–water partition coefficient (Wildman–Crippen LogP) is 2.89. The van der Waals surface area contributed by atoms with Gasteiger partial charge in [0.05, 0.1) is 6.10 Å². The average Bonchev–Trinajstić information content (AvgIpc) is 2.27. The fraction of sp³-hybridized carbons (Fsp3) is 0.500. The lowest BCUT2D eigenvalue weighted by atomic mass is 9.89. The van der Waals surface area contributed by atoms with Crippen LogP contribution in [0.3, 0.4) is 0 Å². The molecule has 0 aromatic heterocycles. The van der Waals surface area contributed by atoms with E-state index in [9.17, 15) is 9.90 Å². The maximum atomic E-state index is 12.0. The number of halogens is 1. The molecule has 0 aliphatic carbocycles. The summed E-state index contributed by atoms with van der Waals surface area (Å²) in [5, 5.41) is 12.6. The van der Waals surface area contributed by atoms with Gasteiger partial charge in [-0.05, 0) is 30.0 Å². The third-order valence-electron chi connectivity index (χ3n) is 2.90. The van der Waals surface area contributed by atoms with Crippen LogP contribution in [0.15, 0.2) is 22.7 Å². The molecule has 0 radical (unpaired) electrons. The van der Waals surface area contributed by atoms with E-state index in [1.807, 2.05) is 39.8 Å². The second-order valence-electron chi connectivity index (χ2n) is 5.55. The van der Waals surface area contributed by atoms with Gasteiger partial charge in [0.1, 0.15) is 0 Å². The molecule has 1 aromatic carbocycles. The lowest BCUT2D eigenvalue weighted by Crippen LogP contribution is -2.39. The van der Waals surface area contributed by atoms with Crippen molar-refractivity contribution in [1.82, 2.24) is 5.32 Å². The Balaban J connectivity index is 2.69. The van der Waals surface area contributed by atoms with E-state index in [4.69, 9.17) is 0 Å². The molecule has 2 N–H and O–H groups in total. The Kier molecular flexibility index (Phi) is 4.93. The number of amides is 1. The van der Waals surface area contributed by atoms with Crippen LogP contribution in [0.25, 0.3) is 0 Å². The lowest BCUT2D eigenvalue weighted by Gasteiger charge is -2.26. The minimum atomic E-state index is -0.561. The van der Waals surface area contributed by atoms with Gasteiger partial charge in [-0.2, -0.15) is 0 Å². The summed E-state index contributed by atoms with van der Waals surface area (Å²) in [6.45, 7) is 7.96. The van der Waals surface area contributed by atoms with E-state index in [0.717, 1.165) is 10.0 Å². The highest BCUT2D eigenvalue weighted by molar-refractivity contribution is 9.10. The monoisotopic (exact) mass is 313 g/mol. The van der Waals surface area contributed by atoms with Gasteiger partial charge in [0, 0.05) is 16.6 Å². The summed E-state index contributed by atoms with van der Waals surface area (Å²) in [6.07, 6.45) is -0.561. The first-order valence-electron chi connectivity index (χ1n) is 5.94. The van der Waals surface area contributed by atoms with E-state index < -0.39 is 6.10 Å². The summed E-state index contributed by atoms with van der Waals surface area (Å²) >= 11 is 3.35. The number of rotatable bonds is 3. The first-order valence-corrected chi connectivity index (χ1v) is 6.73. The molecule has 1 amide bonds. The zero-order valence-corrected chi connectivity index (χ0v) is 12.8. The first-order chi connectivity index (χ1) is 8.21. The molecule has 0 spiro atoms. The molecule has 0 heterocycles. The van der Waals surface area contributed by atoms with Crippen molar-refractivity contribution in [2.45, 2.75) is 33.8 Å². The van der Waals surface area contributed by atoms with Crippen molar-refractivity contribution in [1.29, 1.82) is 0 Å². The number of aliphatic hydroxyl groups is 1. The summed E-state index contributed by atoms with van der Waals surface area (Å²) in [5.41, 5.74) is 1.31. The van der Waals surface area contributed by atoms with Crippen molar-refractivity contribution in [2.24, 2.45) is 5.41 Å². The van der Waals surface area contributed by atoms with Crippen LogP contribution in [-0.4, -0.2) is 23.7 Å². The Bertz CT molecular complexity index is 438. The van der Waals surface area contributed by atoms with Crippen molar-refractivity contribution in [3.63, 3.8) is 0 Å². The van der Waals surface area contributed by atoms with Crippen LogP contribution in [0.5, 0.6) is 0 Å². The standard InChI is InChI=1S/C14H20BrNO2/c1-9-5-6-10(15)7-11(9)13(18)16-8-12(17)14(2,3)4/h5-7,12,17H,8H2,1-4H3,(H,16,18). The minimum Gasteiger partial charge on any atom is -0.391 e. The van der Waals surface area contributed by atoms with Gasteiger partial charge in [0.2, 0.25) is 0 Å². The Morgan fingerprint density at radius 3 is 2.61 bits per heavy atom. The van der Waals surface area contributed by atoms with Gasteiger partial charge in [-0.25, -0.2) is 0 Å². The molecule has 0 saturated carbocycles. The van der Waals surface area contributed by atoms with E-state index in [-0.39, 0.29) is 17.9 Å². The van der Waals surface area contributed by atoms with E-state index in [2.05, 4.69) is 21.2 Å². The number of hydrogen-bond acceptors (Lipinski definition) is 2. The second kappa shape index (κ2) is 5.85. The van der Waals surface area contributed by atoms with Gasteiger partial charge in [-0.1, -0.05) is 42.8 Å². The van der Waals surface area contributed by atoms with Crippen molar-refractivity contribution in [3.05, 3.63) is 33.8 Å². The van der Waals surface area contributed by atoms with Crippen molar-refractivity contribution in [2.75, 3.05) is 6.54 Å². The molecule has 1 aromatic rings. The van der Waals surface area contributed by atoms with Crippen molar-refractivity contribution < 1.29 is 9.90 Å². The lowest BCUT2D eigenvalue weighted by molar-refractivity contribution is 0.0586. The van der Waals surface area contributed by atoms with Crippen LogP contribution in [0.1, 0.15) is 36.7 Å². The van der Waals surface area contributed by atoms with Gasteiger partial charge in [-0.15, -0.1) is 0 Å². The molecule has 18 heavy (non-hydrogen) atoms. The normalized spacial score (nSPS) is 13.2.